The molecule has 0 saturated carbocycles. The minimum absolute atomic E-state index is 0.574. The van der Waals surface area contributed by atoms with E-state index < -0.39 is 10.2 Å². The van der Waals surface area contributed by atoms with Crippen LogP contribution >= 0.6 is 0 Å². The predicted molar refractivity (Wildman–Crippen MR) is 86.7 cm³/mol. The molecule has 0 spiro atoms. The molecule has 0 radical (unpaired) electrons. The van der Waals surface area contributed by atoms with Crippen molar-refractivity contribution in [1.29, 1.82) is 0 Å². The number of rotatable bonds is 5. The van der Waals surface area contributed by atoms with Crippen molar-refractivity contribution in [3.8, 4) is 0 Å². The summed E-state index contributed by atoms with van der Waals surface area (Å²) < 4.78 is 28.5. The molecule has 118 valence electrons. The summed E-state index contributed by atoms with van der Waals surface area (Å²) in [5.41, 5.74) is 1.71. The van der Waals surface area contributed by atoms with Crippen molar-refractivity contribution in [2.45, 2.75) is 19.8 Å². The Labute approximate surface area is 128 Å². The maximum Gasteiger partial charge on any atom is 0.303 e. The van der Waals surface area contributed by atoms with E-state index in [1.807, 2.05) is 38.2 Å². The number of benzene rings is 1. The largest absolute Gasteiger partial charge is 0.319 e. The number of para-hydroxylation sites is 1. The van der Waals surface area contributed by atoms with Gasteiger partial charge in [-0.25, -0.2) is 0 Å². The van der Waals surface area contributed by atoms with Gasteiger partial charge in [-0.05, 0) is 50.9 Å². The normalized spacial score (nSPS) is 17.9. The predicted octanol–water partition coefficient (Wildman–Crippen LogP) is 1.61. The van der Waals surface area contributed by atoms with Gasteiger partial charge < -0.3 is 5.32 Å². The minimum atomic E-state index is -3.43. The molecule has 0 aromatic heterocycles. The molecule has 1 aliphatic heterocycles. The Kier molecular flexibility index (Phi) is 5.24. The van der Waals surface area contributed by atoms with Gasteiger partial charge in [0.25, 0.3) is 0 Å². The standard InChI is InChI=1S/C15H25N3O2S/c1-13-6-4-5-7-15(13)17(3)21(19,20)18-10-8-14(9-11-18)12-16-2/h4-7,14,16H,8-12H2,1-3H3. The summed E-state index contributed by atoms with van der Waals surface area (Å²) in [6.45, 7) is 4.10. The van der Waals surface area contributed by atoms with Crippen LogP contribution in [-0.2, 0) is 10.2 Å². The Bertz CT molecular complexity index is 566. The van der Waals surface area contributed by atoms with Crippen LogP contribution in [0.25, 0.3) is 0 Å². The van der Waals surface area contributed by atoms with Crippen LogP contribution in [0.4, 0.5) is 5.69 Å². The molecule has 1 heterocycles. The van der Waals surface area contributed by atoms with Crippen LogP contribution in [0.3, 0.4) is 0 Å². The summed E-state index contributed by atoms with van der Waals surface area (Å²) in [6, 6.07) is 7.57. The zero-order chi connectivity index (χ0) is 15.5. The lowest BCUT2D eigenvalue weighted by atomic mass is 9.98. The molecule has 0 unspecified atom stereocenters. The molecular weight excluding hydrogens is 286 g/mol. The van der Waals surface area contributed by atoms with Gasteiger partial charge in [0, 0.05) is 20.1 Å². The highest BCUT2D eigenvalue weighted by atomic mass is 32.2. The molecule has 0 aliphatic carbocycles. The molecule has 2 rings (SSSR count). The monoisotopic (exact) mass is 311 g/mol. The fourth-order valence-corrected chi connectivity index (χ4v) is 4.32. The second kappa shape index (κ2) is 6.77. The lowest BCUT2D eigenvalue weighted by molar-refractivity contribution is 0.270. The SMILES string of the molecule is CNCC1CCN(S(=O)(=O)N(C)c2ccccc2C)CC1. The van der Waals surface area contributed by atoms with Gasteiger partial charge in [0.1, 0.15) is 0 Å². The third-order valence-corrected chi connectivity index (χ3v) is 6.10. The Hall–Kier alpha value is -1.11. The Morgan fingerprint density at radius 2 is 1.90 bits per heavy atom. The van der Waals surface area contributed by atoms with Gasteiger partial charge in [0.05, 0.1) is 5.69 Å². The number of nitrogens with zero attached hydrogens (tertiary/aromatic N) is 2. The molecule has 1 aromatic carbocycles. The van der Waals surface area contributed by atoms with E-state index in [0.717, 1.165) is 30.6 Å². The van der Waals surface area contributed by atoms with E-state index >= 15 is 0 Å². The molecule has 5 nitrogen and oxygen atoms in total. The van der Waals surface area contributed by atoms with Crippen LogP contribution < -0.4 is 9.62 Å². The molecule has 6 heteroatoms. The quantitative estimate of drug-likeness (QED) is 0.899. The molecule has 1 fully saturated rings. The second-order valence-electron chi connectivity index (χ2n) is 5.66. The lowest BCUT2D eigenvalue weighted by Gasteiger charge is -2.34. The zero-order valence-corrected chi connectivity index (χ0v) is 13.9. The summed E-state index contributed by atoms with van der Waals surface area (Å²) >= 11 is 0. The Morgan fingerprint density at radius 1 is 1.29 bits per heavy atom. The molecule has 1 aliphatic rings. The fourth-order valence-electron chi connectivity index (χ4n) is 2.85. The molecule has 21 heavy (non-hydrogen) atoms. The van der Waals surface area contributed by atoms with Gasteiger partial charge in [0.15, 0.2) is 0 Å². The maximum atomic E-state index is 12.7. The van der Waals surface area contributed by atoms with Crippen molar-refractivity contribution in [2.75, 3.05) is 38.0 Å². The topological polar surface area (TPSA) is 52.7 Å². The van der Waals surface area contributed by atoms with Gasteiger partial charge in [-0.2, -0.15) is 12.7 Å². The molecule has 0 amide bonds. The van der Waals surface area contributed by atoms with Crippen LogP contribution in [0.15, 0.2) is 24.3 Å². The summed E-state index contributed by atoms with van der Waals surface area (Å²) in [6.07, 6.45) is 1.84. The van der Waals surface area contributed by atoms with Crippen molar-refractivity contribution in [2.24, 2.45) is 5.92 Å². The Morgan fingerprint density at radius 3 is 2.48 bits per heavy atom. The molecule has 1 N–H and O–H groups in total. The summed E-state index contributed by atoms with van der Waals surface area (Å²) in [5, 5.41) is 3.17. The highest BCUT2D eigenvalue weighted by Gasteiger charge is 2.31. The second-order valence-corrected chi connectivity index (χ2v) is 7.62. The van der Waals surface area contributed by atoms with E-state index in [-0.39, 0.29) is 0 Å². The molecule has 1 aromatic rings. The number of nitrogens with one attached hydrogen (secondary N) is 1. The first kappa shape index (κ1) is 16.3. The Balaban J connectivity index is 2.10. The van der Waals surface area contributed by atoms with Gasteiger partial charge in [-0.3, -0.25) is 4.31 Å². The van der Waals surface area contributed by atoms with Crippen LogP contribution in [0, 0.1) is 12.8 Å². The third-order valence-electron chi connectivity index (χ3n) is 4.19. The third kappa shape index (κ3) is 3.56. The van der Waals surface area contributed by atoms with Crippen LogP contribution in [0.1, 0.15) is 18.4 Å². The van der Waals surface area contributed by atoms with Gasteiger partial charge >= 0.3 is 10.2 Å². The summed E-state index contributed by atoms with van der Waals surface area (Å²) in [4.78, 5) is 0. The van der Waals surface area contributed by atoms with E-state index in [0.29, 0.717) is 19.0 Å². The maximum absolute atomic E-state index is 12.7. The number of hydrogen-bond acceptors (Lipinski definition) is 3. The van der Waals surface area contributed by atoms with Crippen molar-refractivity contribution in [1.82, 2.24) is 9.62 Å². The average molecular weight is 311 g/mol. The molecule has 0 atom stereocenters. The highest BCUT2D eigenvalue weighted by Crippen LogP contribution is 2.25. The van der Waals surface area contributed by atoms with Gasteiger partial charge in [-0.15, -0.1) is 0 Å². The van der Waals surface area contributed by atoms with Crippen molar-refractivity contribution in [3.05, 3.63) is 29.8 Å². The van der Waals surface area contributed by atoms with Crippen molar-refractivity contribution >= 4 is 15.9 Å². The highest BCUT2D eigenvalue weighted by molar-refractivity contribution is 7.90. The minimum Gasteiger partial charge on any atom is -0.319 e. The summed E-state index contributed by atoms with van der Waals surface area (Å²) in [5.74, 6) is 0.574. The molecule has 0 bridgehead atoms. The van der Waals surface area contributed by atoms with E-state index in [2.05, 4.69) is 5.32 Å². The first-order valence-electron chi connectivity index (χ1n) is 7.41. The lowest BCUT2D eigenvalue weighted by Crippen LogP contribution is -2.46. The van der Waals surface area contributed by atoms with E-state index in [9.17, 15) is 8.42 Å². The van der Waals surface area contributed by atoms with Crippen molar-refractivity contribution in [3.63, 3.8) is 0 Å². The first-order valence-corrected chi connectivity index (χ1v) is 8.80. The molecule has 1 saturated heterocycles. The van der Waals surface area contributed by atoms with Gasteiger partial charge in [0.2, 0.25) is 0 Å². The van der Waals surface area contributed by atoms with Crippen molar-refractivity contribution < 1.29 is 8.42 Å². The number of aryl methyl sites for hydroxylation is 1. The number of piperidine rings is 1. The van der Waals surface area contributed by atoms with Crippen LogP contribution in [0.2, 0.25) is 0 Å². The average Bonchev–Trinajstić information content (AvgIpc) is 2.48. The van der Waals surface area contributed by atoms with E-state index in [1.165, 1.54) is 4.31 Å². The smallest absolute Gasteiger partial charge is 0.303 e. The number of hydrogen-bond donors (Lipinski definition) is 1. The number of anilines is 1. The summed E-state index contributed by atoms with van der Waals surface area (Å²) in [7, 11) is 0.146. The van der Waals surface area contributed by atoms with Crippen LogP contribution in [0.5, 0.6) is 0 Å². The fraction of sp³-hybridized carbons (Fsp3) is 0.600. The zero-order valence-electron chi connectivity index (χ0n) is 13.0. The molecular formula is C15H25N3O2S. The van der Waals surface area contributed by atoms with E-state index in [4.69, 9.17) is 0 Å². The first-order chi connectivity index (χ1) is 9.96. The van der Waals surface area contributed by atoms with Gasteiger partial charge in [-0.1, -0.05) is 18.2 Å². The van der Waals surface area contributed by atoms with E-state index in [1.54, 1.807) is 11.4 Å². The van der Waals surface area contributed by atoms with Crippen LogP contribution in [-0.4, -0.2) is 46.5 Å².